The van der Waals surface area contributed by atoms with Crippen LogP contribution in [0.3, 0.4) is 0 Å². The standard InChI is InChI=1S/C14H16O3/c1-9(2)10-3-5-11(6-4-10)12-7-8-13(15)17-14(12)16/h3-6,9,12H,7-8H2,1-2H3/t12-/m1/s1. The van der Waals surface area contributed by atoms with Gasteiger partial charge in [0.15, 0.2) is 0 Å². The Bertz CT molecular complexity index is 431. The van der Waals surface area contributed by atoms with Crippen LogP contribution in [0.25, 0.3) is 0 Å². The summed E-state index contributed by atoms with van der Waals surface area (Å²) in [6, 6.07) is 7.97. The third kappa shape index (κ3) is 2.54. The summed E-state index contributed by atoms with van der Waals surface area (Å²) in [6.45, 7) is 4.26. The number of carbonyl (C=O) groups excluding carboxylic acids is 2. The van der Waals surface area contributed by atoms with Crippen molar-refractivity contribution in [3.8, 4) is 0 Å². The number of ether oxygens (including phenoxy) is 1. The van der Waals surface area contributed by atoms with Gasteiger partial charge in [-0.25, -0.2) is 0 Å². The van der Waals surface area contributed by atoms with Crippen molar-refractivity contribution in [2.75, 3.05) is 0 Å². The van der Waals surface area contributed by atoms with Gasteiger partial charge in [0, 0.05) is 6.42 Å². The van der Waals surface area contributed by atoms with E-state index >= 15 is 0 Å². The van der Waals surface area contributed by atoms with Gasteiger partial charge in [-0.15, -0.1) is 0 Å². The average Bonchev–Trinajstić information content (AvgIpc) is 2.29. The Morgan fingerprint density at radius 2 is 1.82 bits per heavy atom. The molecule has 1 aromatic rings. The molecule has 0 radical (unpaired) electrons. The topological polar surface area (TPSA) is 43.4 Å². The third-order valence-electron chi connectivity index (χ3n) is 3.14. The fourth-order valence-electron chi connectivity index (χ4n) is 2.03. The summed E-state index contributed by atoms with van der Waals surface area (Å²) < 4.78 is 4.65. The van der Waals surface area contributed by atoms with Crippen molar-refractivity contribution in [2.24, 2.45) is 0 Å². The molecule has 0 amide bonds. The molecule has 0 spiro atoms. The minimum absolute atomic E-state index is 0.283. The van der Waals surface area contributed by atoms with Crippen LogP contribution in [0.2, 0.25) is 0 Å². The largest absolute Gasteiger partial charge is 0.393 e. The van der Waals surface area contributed by atoms with E-state index in [1.807, 2.05) is 24.3 Å². The number of hydrogen-bond acceptors (Lipinski definition) is 3. The summed E-state index contributed by atoms with van der Waals surface area (Å²) >= 11 is 0. The molecule has 1 saturated heterocycles. The van der Waals surface area contributed by atoms with E-state index in [1.165, 1.54) is 5.56 Å². The molecular weight excluding hydrogens is 216 g/mol. The molecule has 1 fully saturated rings. The van der Waals surface area contributed by atoms with Crippen molar-refractivity contribution in [2.45, 2.75) is 38.5 Å². The maximum Gasteiger partial charge on any atom is 0.321 e. The van der Waals surface area contributed by atoms with Crippen molar-refractivity contribution in [1.82, 2.24) is 0 Å². The Labute approximate surface area is 101 Å². The van der Waals surface area contributed by atoms with Crippen LogP contribution in [0.5, 0.6) is 0 Å². The van der Waals surface area contributed by atoms with Crippen molar-refractivity contribution in [3.63, 3.8) is 0 Å². The van der Waals surface area contributed by atoms with Crippen LogP contribution in [-0.4, -0.2) is 11.9 Å². The van der Waals surface area contributed by atoms with Crippen LogP contribution >= 0.6 is 0 Å². The Morgan fingerprint density at radius 3 is 2.35 bits per heavy atom. The first-order valence-electron chi connectivity index (χ1n) is 5.92. The van der Waals surface area contributed by atoms with E-state index in [1.54, 1.807) is 0 Å². The molecule has 0 N–H and O–H groups in total. The van der Waals surface area contributed by atoms with Crippen LogP contribution < -0.4 is 0 Å². The highest BCUT2D eigenvalue weighted by Gasteiger charge is 2.30. The Morgan fingerprint density at radius 1 is 1.18 bits per heavy atom. The van der Waals surface area contributed by atoms with E-state index in [4.69, 9.17) is 0 Å². The van der Waals surface area contributed by atoms with E-state index in [2.05, 4.69) is 18.6 Å². The third-order valence-corrected chi connectivity index (χ3v) is 3.14. The van der Waals surface area contributed by atoms with E-state index in [-0.39, 0.29) is 5.92 Å². The predicted molar refractivity (Wildman–Crippen MR) is 63.6 cm³/mol. The fraction of sp³-hybridized carbons (Fsp3) is 0.429. The van der Waals surface area contributed by atoms with E-state index < -0.39 is 11.9 Å². The second-order valence-electron chi connectivity index (χ2n) is 4.71. The lowest BCUT2D eigenvalue weighted by atomic mass is 9.91. The van der Waals surface area contributed by atoms with E-state index in [0.29, 0.717) is 18.8 Å². The van der Waals surface area contributed by atoms with E-state index in [0.717, 1.165) is 5.56 Å². The molecule has 3 heteroatoms. The summed E-state index contributed by atoms with van der Waals surface area (Å²) in [5.74, 6) is -0.638. The van der Waals surface area contributed by atoms with Crippen molar-refractivity contribution < 1.29 is 14.3 Å². The van der Waals surface area contributed by atoms with Crippen LogP contribution in [0, 0.1) is 0 Å². The molecule has 0 saturated carbocycles. The Kier molecular flexibility index (Phi) is 3.27. The Hall–Kier alpha value is -1.64. The second kappa shape index (κ2) is 4.70. The summed E-state index contributed by atoms with van der Waals surface area (Å²) in [6.07, 6.45) is 0.876. The van der Waals surface area contributed by atoms with Gasteiger partial charge in [0.1, 0.15) is 0 Å². The van der Waals surface area contributed by atoms with Crippen molar-refractivity contribution >= 4 is 11.9 Å². The summed E-state index contributed by atoms with van der Waals surface area (Å²) in [7, 11) is 0. The first-order valence-corrected chi connectivity index (χ1v) is 5.92. The molecule has 1 atom stereocenters. The van der Waals surface area contributed by atoms with Gasteiger partial charge in [0.25, 0.3) is 0 Å². The predicted octanol–water partition coefficient (Wildman–Crippen LogP) is 2.76. The van der Waals surface area contributed by atoms with Gasteiger partial charge in [-0.05, 0) is 23.5 Å². The quantitative estimate of drug-likeness (QED) is 0.581. The number of benzene rings is 1. The lowest BCUT2D eigenvalue weighted by Gasteiger charge is -2.20. The number of cyclic esters (lactones) is 2. The maximum atomic E-state index is 11.6. The zero-order chi connectivity index (χ0) is 12.4. The first kappa shape index (κ1) is 11.8. The molecule has 1 aliphatic heterocycles. The molecule has 3 nitrogen and oxygen atoms in total. The van der Waals surface area contributed by atoms with Crippen LogP contribution in [0.15, 0.2) is 24.3 Å². The molecular formula is C14H16O3. The molecule has 17 heavy (non-hydrogen) atoms. The van der Waals surface area contributed by atoms with Gasteiger partial charge < -0.3 is 4.74 Å². The molecule has 1 aromatic carbocycles. The normalized spacial score (nSPS) is 20.5. The van der Waals surface area contributed by atoms with Gasteiger partial charge in [0.2, 0.25) is 0 Å². The SMILES string of the molecule is CC(C)c1ccc([C@H]2CCC(=O)OC2=O)cc1. The summed E-state index contributed by atoms with van der Waals surface area (Å²) in [5.41, 5.74) is 2.18. The van der Waals surface area contributed by atoms with Gasteiger partial charge >= 0.3 is 11.9 Å². The van der Waals surface area contributed by atoms with E-state index in [9.17, 15) is 9.59 Å². The highest BCUT2D eigenvalue weighted by atomic mass is 16.6. The molecule has 90 valence electrons. The Balaban J connectivity index is 2.17. The summed E-state index contributed by atoms with van der Waals surface area (Å²) in [4.78, 5) is 22.5. The average molecular weight is 232 g/mol. The smallest absolute Gasteiger partial charge is 0.321 e. The number of rotatable bonds is 2. The summed E-state index contributed by atoms with van der Waals surface area (Å²) in [5, 5.41) is 0. The molecule has 1 heterocycles. The number of carbonyl (C=O) groups is 2. The first-order chi connectivity index (χ1) is 8.08. The minimum atomic E-state index is -0.418. The van der Waals surface area contributed by atoms with Gasteiger partial charge in [-0.3, -0.25) is 9.59 Å². The monoisotopic (exact) mass is 232 g/mol. The van der Waals surface area contributed by atoms with Crippen LogP contribution in [0.4, 0.5) is 0 Å². The maximum absolute atomic E-state index is 11.6. The molecule has 0 aromatic heterocycles. The molecule has 0 aliphatic carbocycles. The fourth-order valence-corrected chi connectivity index (χ4v) is 2.03. The molecule has 0 bridgehead atoms. The van der Waals surface area contributed by atoms with Crippen LogP contribution in [-0.2, 0) is 14.3 Å². The second-order valence-corrected chi connectivity index (χ2v) is 4.71. The minimum Gasteiger partial charge on any atom is -0.393 e. The number of hydrogen-bond donors (Lipinski definition) is 0. The lowest BCUT2D eigenvalue weighted by molar-refractivity contribution is -0.164. The van der Waals surface area contributed by atoms with Gasteiger partial charge in [0.05, 0.1) is 5.92 Å². The highest BCUT2D eigenvalue weighted by molar-refractivity contribution is 5.92. The van der Waals surface area contributed by atoms with Crippen molar-refractivity contribution in [3.05, 3.63) is 35.4 Å². The highest BCUT2D eigenvalue weighted by Crippen LogP contribution is 2.28. The molecule has 1 aliphatic rings. The zero-order valence-corrected chi connectivity index (χ0v) is 10.1. The molecule has 2 rings (SSSR count). The van der Waals surface area contributed by atoms with Crippen LogP contribution in [0.1, 0.15) is 49.7 Å². The molecule has 0 unspecified atom stereocenters. The number of esters is 2. The van der Waals surface area contributed by atoms with Crippen molar-refractivity contribution in [1.29, 1.82) is 0 Å². The lowest BCUT2D eigenvalue weighted by Crippen LogP contribution is -2.26. The van der Waals surface area contributed by atoms with Gasteiger partial charge in [-0.1, -0.05) is 38.1 Å². The zero-order valence-electron chi connectivity index (χ0n) is 10.1. The van der Waals surface area contributed by atoms with Gasteiger partial charge in [-0.2, -0.15) is 0 Å².